The van der Waals surface area contributed by atoms with Gasteiger partial charge in [-0.3, -0.25) is 14.7 Å². The highest BCUT2D eigenvalue weighted by molar-refractivity contribution is 7.55. The van der Waals surface area contributed by atoms with E-state index in [0.29, 0.717) is 0 Å². The van der Waals surface area contributed by atoms with E-state index >= 15 is 0 Å². The lowest BCUT2D eigenvalue weighted by molar-refractivity contribution is -0.725. The number of carbonyl (C=O) groups is 1. The number of hydrogen-bond donors (Lipinski definition) is 1. The molecule has 2 aliphatic carbocycles. The van der Waals surface area contributed by atoms with Gasteiger partial charge in [0.25, 0.3) is 0 Å². The van der Waals surface area contributed by atoms with Crippen LogP contribution >= 0.6 is 7.60 Å². The second kappa shape index (κ2) is 14.3. The first-order chi connectivity index (χ1) is 15.1. The van der Waals surface area contributed by atoms with Crippen LogP contribution in [0.25, 0.3) is 0 Å². The summed E-state index contributed by atoms with van der Waals surface area (Å²) in [7, 11) is -3.99. The van der Waals surface area contributed by atoms with Crippen molar-refractivity contribution in [3.8, 4) is 0 Å². The first-order valence-corrected chi connectivity index (χ1v) is 13.8. The van der Waals surface area contributed by atoms with E-state index in [1.165, 1.54) is 91.9 Å². The van der Waals surface area contributed by atoms with Crippen molar-refractivity contribution < 1.29 is 33.8 Å². The fraction of sp³-hybridized carbons (Fsp3) is 0.955. The zero-order valence-corrected chi connectivity index (χ0v) is 21.1. The number of nitrogens with two attached hydrogens (primary N) is 1. The van der Waals surface area contributed by atoms with Crippen LogP contribution in [-0.2, 0) is 18.4 Å². The summed E-state index contributed by atoms with van der Waals surface area (Å²) in [6.07, 6.45) is 14.5. The molecule has 2 N–H and O–H groups in total. The number of aliphatic carboxylic acids is 1. The van der Waals surface area contributed by atoms with E-state index in [-0.39, 0.29) is 13.2 Å². The Morgan fingerprint density at radius 1 is 1.00 bits per heavy atom. The van der Waals surface area contributed by atoms with Gasteiger partial charge in [0, 0.05) is 25.2 Å². The van der Waals surface area contributed by atoms with Crippen LogP contribution in [0.2, 0.25) is 0 Å². The van der Waals surface area contributed by atoms with Crippen molar-refractivity contribution in [2.45, 2.75) is 122 Å². The maximum atomic E-state index is 12.4. The molecular formula is C22H43N2O7P. The van der Waals surface area contributed by atoms with Crippen LogP contribution < -0.4 is 10.4 Å². The topological polar surface area (TPSA) is 135 Å². The molecule has 0 bridgehead atoms. The Bertz CT molecular complexity index is 591. The van der Waals surface area contributed by atoms with Crippen molar-refractivity contribution >= 4 is 13.6 Å². The number of quaternary nitrogens is 1. The third-order valence-corrected chi connectivity index (χ3v) is 8.70. The smallest absolute Gasteiger partial charge is 0.339 e. The predicted molar refractivity (Wildman–Crippen MR) is 121 cm³/mol. The fourth-order valence-electron chi connectivity index (χ4n) is 4.49. The van der Waals surface area contributed by atoms with E-state index in [1.54, 1.807) is 0 Å². The van der Waals surface area contributed by atoms with Crippen LogP contribution in [0.1, 0.15) is 98.3 Å². The highest BCUT2D eigenvalue weighted by Gasteiger charge is 2.45. The summed E-state index contributed by atoms with van der Waals surface area (Å²) in [5.41, 5.74) is -3.25. The number of rotatable bonds is 11. The lowest BCUT2D eigenvalue weighted by atomic mass is 9.91. The Hall–Kier alpha value is -1.02. The minimum Gasteiger partial charge on any atom is -0.549 e. The van der Waals surface area contributed by atoms with Gasteiger partial charge >= 0.3 is 7.60 Å². The minimum atomic E-state index is -3.99. The molecule has 2 saturated carbocycles. The highest BCUT2D eigenvalue weighted by Crippen LogP contribution is 2.55. The van der Waals surface area contributed by atoms with Gasteiger partial charge < -0.3 is 24.3 Å². The lowest BCUT2D eigenvalue weighted by Gasteiger charge is -2.29. The number of carboxylic acids is 1. The average Bonchev–Trinajstić information content (AvgIpc) is 2.74. The first-order valence-electron chi connectivity index (χ1n) is 12.1. The van der Waals surface area contributed by atoms with E-state index < -0.39 is 36.1 Å². The van der Waals surface area contributed by atoms with Gasteiger partial charge in [-0.05, 0) is 65.2 Å². The van der Waals surface area contributed by atoms with Gasteiger partial charge in [-0.1, -0.05) is 12.8 Å². The van der Waals surface area contributed by atoms with Gasteiger partial charge in [0.15, 0.2) is 0 Å². The van der Waals surface area contributed by atoms with E-state index in [2.05, 4.69) is 5.32 Å². The first kappa shape index (κ1) is 29.0. The number of nitro groups is 1. The minimum absolute atomic E-state index is 0.0278. The number of carboxylic acid groups (broad SMARTS) is 1. The van der Waals surface area contributed by atoms with Crippen molar-refractivity contribution in [1.82, 2.24) is 0 Å². The normalized spacial score (nSPS) is 19.6. The fourth-order valence-corrected chi connectivity index (χ4v) is 6.57. The molecule has 9 nitrogen and oxygen atoms in total. The molecule has 0 aromatic heterocycles. The predicted octanol–water partition coefficient (Wildman–Crippen LogP) is 3.03. The highest BCUT2D eigenvalue weighted by atomic mass is 31.2. The molecule has 32 heavy (non-hydrogen) atoms. The summed E-state index contributed by atoms with van der Waals surface area (Å²) >= 11 is 0. The molecule has 0 aromatic carbocycles. The zero-order chi connectivity index (χ0) is 24.2. The van der Waals surface area contributed by atoms with Crippen molar-refractivity contribution in [3.05, 3.63) is 10.1 Å². The number of hydrogen-bond acceptors (Lipinski definition) is 7. The summed E-state index contributed by atoms with van der Waals surface area (Å²) in [5.74, 6) is -1.68. The van der Waals surface area contributed by atoms with E-state index in [9.17, 15) is 24.6 Å². The van der Waals surface area contributed by atoms with Crippen LogP contribution in [0.15, 0.2) is 0 Å². The molecule has 2 fully saturated rings. The Labute approximate surface area is 192 Å². The second-order valence-electron chi connectivity index (χ2n) is 9.47. The quantitative estimate of drug-likeness (QED) is 0.274. The van der Waals surface area contributed by atoms with E-state index in [0.717, 1.165) is 12.1 Å². The average molecular weight is 479 g/mol. The summed E-state index contributed by atoms with van der Waals surface area (Å²) < 4.78 is 22.2. The third-order valence-electron chi connectivity index (χ3n) is 6.30. The Balaban J connectivity index is 0.000000339. The van der Waals surface area contributed by atoms with Crippen molar-refractivity contribution in [1.29, 1.82) is 0 Å². The SMILES string of the molecule is C1CCC([NH2+]C2CCCCC2)CC1.CCOP(=O)(OCC)C(CC(C)(C)[N+](=O)[O-])C(=O)[O-]. The van der Waals surface area contributed by atoms with E-state index in [4.69, 9.17) is 9.05 Å². The van der Waals surface area contributed by atoms with Gasteiger partial charge in [-0.15, -0.1) is 0 Å². The molecule has 1 atom stereocenters. The molecule has 2 aliphatic rings. The number of nitrogens with zero attached hydrogens (tertiary/aromatic N) is 1. The monoisotopic (exact) mass is 478 g/mol. The Morgan fingerprint density at radius 2 is 1.41 bits per heavy atom. The molecule has 188 valence electrons. The number of carbonyl (C=O) groups excluding carboxylic acids is 1. The van der Waals surface area contributed by atoms with Crippen molar-refractivity contribution in [2.24, 2.45) is 0 Å². The maximum Gasteiger partial charge on any atom is 0.339 e. The largest absolute Gasteiger partial charge is 0.549 e. The van der Waals surface area contributed by atoms with Crippen molar-refractivity contribution in [3.63, 3.8) is 0 Å². The van der Waals surface area contributed by atoms with Gasteiger partial charge in [-0.2, -0.15) is 0 Å². The van der Waals surface area contributed by atoms with Crippen LogP contribution in [0.3, 0.4) is 0 Å². The molecule has 0 amide bonds. The van der Waals surface area contributed by atoms with Crippen LogP contribution in [0, 0.1) is 10.1 Å². The summed E-state index contributed by atoms with van der Waals surface area (Å²) in [6.45, 7) is 5.48. The molecule has 1 unspecified atom stereocenters. The molecule has 10 heteroatoms. The van der Waals surface area contributed by atoms with Gasteiger partial charge in [-0.25, -0.2) is 0 Å². The Kier molecular flexibility index (Phi) is 13.0. The Morgan fingerprint density at radius 3 is 1.72 bits per heavy atom. The molecule has 0 spiro atoms. The molecule has 0 radical (unpaired) electrons. The summed E-state index contributed by atoms with van der Waals surface area (Å²) in [4.78, 5) is 21.3. The van der Waals surface area contributed by atoms with Gasteiger partial charge in [0.2, 0.25) is 5.54 Å². The standard InChI is InChI=1S/C12H23N.C10H20NO7P/c1-3-7-11(8-4-1)13-12-9-5-2-6-10-12;1-5-17-19(16,18-6-2)8(9(12)13)7-10(3,4)11(14)15/h11-13H,1-10H2;8H,5-7H2,1-4H3,(H,12,13). The van der Waals surface area contributed by atoms with Gasteiger partial charge in [0.05, 0.1) is 31.3 Å². The molecule has 0 saturated heterocycles. The summed E-state index contributed by atoms with van der Waals surface area (Å²) in [5, 5.41) is 24.7. The van der Waals surface area contributed by atoms with Crippen LogP contribution in [0.4, 0.5) is 0 Å². The van der Waals surface area contributed by atoms with Crippen LogP contribution in [-0.4, -0.2) is 47.4 Å². The molecular weight excluding hydrogens is 435 g/mol. The molecule has 0 heterocycles. The van der Waals surface area contributed by atoms with Gasteiger partial charge in [0.1, 0.15) is 5.66 Å². The molecule has 0 aromatic rings. The van der Waals surface area contributed by atoms with Crippen LogP contribution in [0.5, 0.6) is 0 Å². The summed E-state index contributed by atoms with van der Waals surface area (Å²) in [6, 6.07) is 1.99. The second-order valence-corrected chi connectivity index (χ2v) is 11.7. The third kappa shape index (κ3) is 9.86. The molecule has 0 aliphatic heterocycles. The van der Waals surface area contributed by atoms with E-state index in [1.807, 2.05) is 0 Å². The zero-order valence-electron chi connectivity index (χ0n) is 20.3. The lowest BCUT2D eigenvalue weighted by Crippen LogP contribution is -2.95. The maximum absolute atomic E-state index is 12.4. The molecule has 2 rings (SSSR count). The van der Waals surface area contributed by atoms with Crippen molar-refractivity contribution in [2.75, 3.05) is 13.2 Å².